The molecule has 1 aliphatic carbocycles. The first-order valence-electron chi connectivity index (χ1n) is 11.4. The zero-order chi connectivity index (χ0) is 22.9. The van der Waals surface area contributed by atoms with E-state index >= 15 is 0 Å². The molecule has 0 unspecified atom stereocenters. The van der Waals surface area contributed by atoms with Gasteiger partial charge >= 0.3 is 0 Å². The van der Waals surface area contributed by atoms with E-state index < -0.39 is 11.9 Å². The summed E-state index contributed by atoms with van der Waals surface area (Å²) in [6.07, 6.45) is 7.01. The summed E-state index contributed by atoms with van der Waals surface area (Å²) in [4.78, 5) is 31.1. The number of likely N-dealkylation sites (tertiary alicyclic amines) is 1. The fourth-order valence-corrected chi connectivity index (χ4v) is 5.03. The van der Waals surface area contributed by atoms with E-state index in [0.29, 0.717) is 25.2 Å². The summed E-state index contributed by atoms with van der Waals surface area (Å²) in [7, 11) is 0. The summed E-state index contributed by atoms with van der Waals surface area (Å²) < 4.78 is 13.3. The molecule has 1 saturated carbocycles. The number of carbonyl (C=O) groups is 2. The number of piperidine rings is 1. The van der Waals surface area contributed by atoms with Crippen molar-refractivity contribution in [1.82, 2.24) is 14.7 Å². The molecule has 2 atom stereocenters. The van der Waals surface area contributed by atoms with Crippen LogP contribution in [-0.4, -0.2) is 83.0 Å². The highest BCUT2D eigenvalue weighted by atomic mass is 35.5. The van der Waals surface area contributed by atoms with Gasteiger partial charge in [-0.25, -0.2) is 4.39 Å². The number of rotatable bonds is 6. The molecule has 2 heterocycles. The minimum atomic E-state index is -0.524. The number of aliphatic hydroxyl groups is 1. The smallest absolute Gasteiger partial charge is 0.247 e. The van der Waals surface area contributed by atoms with Gasteiger partial charge in [0, 0.05) is 32.3 Å². The van der Waals surface area contributed by atoms with Gasteiger partial charge in [0.05, 0.1) is 11.1 Å². The van der Waals surface area contributed by atoms with E-state index in [1.54, 1.807) is 24.0 Å². The average Bonchev–Trinajstić information content (AvgIpc) is 3.55. The van der Waals surface area contributed by atoms with Crippen LogP contribution in [0.15, 0.2) is 24.3 Å². The van der Waals surface area contributed by atoms with Gasteiger partial charge in [0.2, 0.25) is 11.8 Å². The second-order valence-electron chi connectivity index (χ2n) is 9.32. The maximum absolute atomic E-state index is 13.3. The molecule has 174 valence electrons. The monoisotopic (exact) mass is 463 g/mol. The van der Waals surface area contributed by atoms with Crippen molar-refractivity contribution in [2.45, 2.75) is 44.8 Å². The summed E-state index contributed by atoms with van der Waals surface area (Å²) in [5.41, 5.74) is 0.833. The van der Waals surface area contributed by atoms with Crippen LogP contribution < -0.4 is 0 Å². The third-order valence-electron chi connectivity index (χ3n) is 7.25. The van der Waals surface area contributed by atoms with Gasteiger partial charge < -0.3 is 19.8 Å². The van der Waals surface area contributed by atoms with Crippen LogP contribution in [0.3, 0.4) is 0 Å². The molecular formula is C24H31ClFN3O3. The molecule has 1 N–H and O–H groups in total. The highest BCUT2D eigenvalue weighted by Gasteiger charge is 2.51. The number of piperazine rings is 1. The summed E-state index contributed by atoms with van der Waals surface area (Å²) in [5, 5.41) is 10.3. The van der Waals surface area contributed by atoms with Crippen LogP contribution in [-0.2, 0) is 9.59 Å². The second-order valence-corrected chi connectivity index (χ2v) is 9.73. The number of carbonyl (C=O) groups excluding carboxylic acids is 2. The molecule has 2 amide bonds. The van der Waals surface area contributed by atoms with E-state index in [1.165, 1.54) is 18.2 Å². The molecule has 0 aromatic heterocycles. The topological polar surface area (TPSA) is 64.1 Å². The summed E-state index contributed by atoms with van der Waals surface area (Å²) in [6, 6.07) is 3.73. The SMILES string of the molecule is C[C@H]1C(=O)N(CCCN2CCC3(CC3)[C@H](O)C2)CCN1C(=O)/C=C/c1ccc(F)c(Cl)c1. The Morgan fingerprint density at radius 2 is 2.03 bits per heavy atom. The molecule has 3 fully saturated rings. The van der Waals surface area contributed by atoms with Crippen molar-refractivity contribution < 1.29 is 19.1 Å². The Balaban J connectivity index is 1.24. The number of hydrogen-bond donors (Lipinski definition) is 1. The maximum atomic E-state index is 13.3. The van der Waals surface area contributed by atoms with Crippen LogP contribution in [0, 0.1) is 11.2 Å². The van der Waals surface area contributed by atoms with E-state index in [0.717, 1.165) is 45.3 Å². The zero-order valence-corrected chi connectivity index (χ0v) is 19.2. The average molecular weight is 464 g/mol. The van der Waals surface area contributed by atoms with E-state index in [2.05, 4.69) is 4.90 Å². The Bertz CT molecular complexity index is 904. The molecule has 1 aromatic rings. The van der Waals surface area contributed by atoms with Crippen molar-refractivity contribution >= 4 is 29.5 Å². The first-order valence-corrected chi connectivity index (χ1v) is 11.8. The minimum absolute atomic E-state index is 0.00265. The molecule has 0 radical (unpaired) electrons. The van der Waals surface area contributed by atoms with Crippen LogP contribution in [0.1, 0.15) is 38.2 Å². The Morgan fingerprint density at radius 1 is 1.25 bits per heavy atom. The molecule has 2 aliphatic heterocycles. The molecule has 1 spiro atoms. The molecule has 3 aliphatic rings. The van der Waals surface area contributed by atoms with Crippen molar-refractivity contribution in [3.63, 3.8) is 0 Å². The number of hydrogen-bond acceptors (Lipinski definition) is 4. The van der Waals surface area contributed by atoms with E-state index in [-0.39, 0.29) is 28.4 Å². The summed E-state index contributed by atoms with van der Waals surface area (Å²) in [5.74, 6) is -0.797. The Kier molecular flexibility index (Phi) is 6.89. The lowest BCUT2D eigenvalue weighted by atomic mass is 9.90. The van der Waals surface area contributed by atoms with E-state index in [9.17, 15) is 19.1 Å². The molecule has 2 saturated heterocycles. The van der Waals surface area contributed by atoms with Gasteiger partial charge in [-0.1, -0.05) is 17.7 Å². The van der Waals surface area contributed by atoms with Crippen molar-refractivity contribution in [1.29, 1.82) is 0 Å². The molecule has 4 rings (SSSR count). The predicted molar refractivity (Wildman–Crippen MR) is 122 cm³/mol. The predicted octanol–water partition coefficient (Wildman–Crippen LogP) is 2.79. The van der Waals surface area contributed by atoms with Crippen LogP contribution in [0.25, 0.3) is 6.08 Å². The first-order chi connectivity index (χ1) is 15.3. The Hall–Kier alpha value is -1.96. The zero-order valence-electron chi connectivity index (χ0n) is 18.5. The lowest BCUT2D eigenvalue weighted by molar-refractivity contribution is -0.148. The maximum Gasteiger partial charge on any atom is 0.247 e. The summed E-state index contributed by atoms with van der Waals surface area (Å²) >= 11 is 5.78. The quantitative estimate of drug-likeness (QED) is 0.659. The number of benzene rings is 1. The van der Waals surface area contributed by atoms with E-state index in [4.69, 9.17) is 11.6 Å². The largest absolute Gasteiger partial charge is 0.391 e. The lowest BCUT2D eigenvalue weighted by Crippen LogP contribution is -2.57. The molecule has 32 heavy (non-hydrogen) atoms. The fourth-order valence-electron chi connectivity index (χ4n) is 4.84. The third kappa shape index (κ3) is 5.00. The number of nitrogens with zero attached hydrogens (tertiary/aromatic N) is 3. The normalized spacial score (nSPS) is 25.7. The molecule has 6 nitrogen and oxygen atoms in total. The van der Waals surface area contributed by atoms with Crippen LogP contribution >= 0.6 is 11.6 Å². The second kappa shape index (κ2) is 9.49. The van der Waals surface area contributed by atoms with Gasteiger partial charge in [-0.05, 0) is 74.9 Å². The number of β-amino-alcohol motifs (C(OH)–C–C–N with tert-alkyl or cyclic N) is 1. The standard InChI is InChI=1S/C24H31ClFN3O3/c1-17-23(32)28(11-2-10-27-12-9-24(7-8-24)21(30)16-27)13-14-29(17)22(31)6-4-18-3-5-20(26)19(25)15-18/h3-6,15,17,21,30H,2,7-14,16H2,1H3/b6-4+/t17-,21+/m0/s1. The van der Waals surface area contributed by atoms with Crippen LogP contribution in [0.4, 0.5) is 4.39 Å². The Morgan fingerprint density at radius 3 is 2.72 bits per heavy atom. The number of aliphatic hydroxyl groups excluding tert-OH is 1. The van der Waals surface area contributed by atoms with Gasteiger partial charge in [-0.2, -0.15) is 0 Å². The number of halogens is 2. The minimum Gasteiger partial charge on any atom is -0.391 e. The molecular weight excluding hydrogens is 433 g/mol. The third-order valence-corrected chi connectivity index (χ3v) is 7.54. The lowest BCUT2D eigenvalue weighted by Gasteiger charge is -2.39. The van der Waals surface area contributed by atoms with E-state index in [1.807, 2.05) is 4.90 Å². The molecule has 0 bridgehead atoms. The highest BCUT2D eigenvalue weighted by molar-refractivity contribution is 6.30. The highest BCUT2D eigenvalue weighted by Crippen LogP contribution is 2.53. The van der Waals surface area contributed by atoms with Crippen molar-refractivity contribution in [3.05, 3.63) is 40.7 Å². The van der Waals surface area contributed by atoms with Crippen molar-refractivity contribution in [3.8, 4) is 0 Å². The number of amides is 2. The van der Waals surface area contributed by atoms with Gasteiger partial charge in [0.1, 0.15) is 11.9 Å². The fraction of sp³-hybridized carbons (Fsp3) is 0.583. The summed E-state index contributed by atoms with van der Waals surface area (Å²) in [6.45, 7) is 6.03. The van der Waals surface area contributed by atoms with Gasteiger partial charge in [0.25, 0.3) is 0 Å². The van der Waals surface area contributed by atoms with Crippen LogP contribution in [0.5, 0.6) is 0 Å². The molecule has 1 aromatic carbocycles. The molecule has 8 heteroatoms. The van der Waals surface area contributed by atoms with Gasteiger partial charge in [-0.3, -0.25) is 9.59 Å². The van der Waals surface area contributed by atoms with Crippen LogP contribution in [0.2, 0.25) is 5.02 Å². The van der Waals surface area contributed by atoms with Gasteiger partial charge in [-0.15, -0.1) is 0 Å². The van der Waals surface area contributed by atoms with Gasteiger partial charge in [0.15, 0.2) is 0 Å². The van der Waals surface area contributed by atoms with Crippen molar-refractivity contribution in [2.24, 2.45) is 5.41 Å². The van der Waals surface area contributed by atoms with Crippen molar-refractivity contribution in [2.75, 3.05) is 39.3 Å². The first kappa shape index (κ1) is 23.2. The Labute approximate surface area is 193 Å².